The van der Waals surface area contributed by atoms with Gasteiger partial charge in [-0.1, -0.05) is 12.1 Å². The van der Waals surface area contributed by atoms with Crippen LogP contribution in [0.3, 0.4) is 0 Å². The lowest BCUT2D eigenvalue weighted by atomic mass is 10.2. The molecule has 0 amide bonds. The van der Waals surface area contributed by atoms with Crippen molar-refractivity contribution in [1.82, 2.24) is 0 Å². The Labute approximate surface area is 102 Å². The summed E-state index contributed by atoms with van der Waals surface area (Å²) >= 11 is 0.756. The molecule has 0 spiro atoms. The van der Waals surface area contributed by atoms with E-state index in [1.807, 2.05) is 0 Å². The zero-order chi connectivity index (χ0) is 12.9. The number of alkyl halides is 3. The molecule has 0 aliphatic carbocycles. The summed E-state index contributed by atoms with van der Waals surface area (Å²) in [4.78, 5) is 0.567. The van der Waals surface area contributed by atoms with Crippen LogP contribution >= 0.6 is 11.8 Å². The Morgan fingerprint density at radius 1 is 1.12 bits per heavy atom. The molecule has 0 N–H and O–H groups in total. The predicted molar refractivity (Wildman–Crippen MR) is 60.0 cm³/mol. The number of rotatable bonds is 5. The Morgan fingerprint density at radius 3 is 2.06 bits per heavy atom. The number of thioether (sulfide) groups is 1. The first kappa shape index (κ1) is 14.3. The highest BCUT2D eigenvalue weighted by molar-refractivity contribution is 7.99. The smallest absolute Gasteiger partial charge is 0.352 e. The zero-order valence-corrected chi connectivity index (χ0v) is 10.3. The minimum atomic E-state index is -4.15. The highest BCUT2D eigenvalue weighted by Crippen LogP contribution is 2.28. The van der Waals surface area contributed by atoms with Gasteiger partial charge in [-0.15, -0.1) is 11.8 Å². The summed E-state index contributed by atoms with van der Waals surface area (Å²) in [6.45, 7) is 0. The Bertz CT molecular complexity index is 334. The molecule has 0 heterocycles. The first-order valence-electron chi connectivity index (χ1n) is 4.81. The molecule has 0 saturated heterocycles. The molecule has 96 valence electrons. The molecule has 6 heteroatoms. The van der Waals surface area contributed by atoms with Crippen LogP contribution in [-0.4, -0.2) is 26.1 Å². The molecular weight excluding hydrogens is 253 g/mol. The Balaban J connectivity index is 2.62. The number of benzene rings is 1. The van der Waals surface area contributed by atoms with Gasteiger partial charge in [0.05, 0.1) is 5.75 Å². The van der Waals surface area contributed by atoms with E-state index in [0.29, 0.717) is 4.90 Å². The molecule has 2 nitrogen and oxygen atoms in total. The quantitative estimate of drug-likeness (QED) is 0.599. The predicted octanol–water partition coefficient (Wildman–Crippen LogP) is 3.63. The summed E-state index contributed by atoms with van der Waals surface area (Å²) in [5.74, 6) is -0.885. The molecule has 0 atom stereocenters. The van der Waals surface area contributed by atoms with E-state index in [9.17, 15) is 13.2 Å². The monoisotopic (exact) mass is 266 g/mol. The summed E-state index contributed by atoms with van der Waals surface area (Å²) in [5, 5.41) is 0. The van der Waals surface area contributed by atoms with Gasteiger partial charge in [-0.3, -0.25) is 0 Å². The van der Waals surface area contributed by atoms with Gasteiger partial charge >= 0.3 is 6.18 Å². The number of hydrogen-bond donors (Lipinski definition) is 0. The number of methoxy groups -OCH3 is 2. The Kier molecular flexibility index (Phi) is 5.30. The van der Waals surface area contributed by atoms with Crippen LogP contribution in [0.15, 0.2) is 29.2 Å². The summed E-state index contributed by atoms with van der Waals surface area (Å²) in [6.07, 6.45) is -4.64. The van der Waals surface area contributed by atoms with Crippen molar-refractivity contribution in [2.75, 3.05) is 20.0 Å². The van der Waals surface area contributed by atoms with Crippen molar-refractivity contribution < 1.29 is 22.6 Å². The molecule has 17 heavy (non-hydrogen) atoms. The molecule has 1 aromatic rings. The van der Waals surface area contributed by atoms with Crippen molar-refractivity contribution in [2.24, 2.45) is 0 Å². The number of hydrogen-bond acceptors (Lipinski definition) is 3. The van der Waals surface area contributed by atoms with Crippen LogP contribution in [0.5, 0.6) is 0 Å². The van der Waals surface area contributed by atoms with E-state index in [-0.39, 0.29) is 0 Å². The summed E-state index contributed by atoms with van der Waals surface area (Å²) in [7, 11) is 3.00. The van der Waals surface area contributed by atoms with E-state index < -0.39 is 18.2 Å². The van der Waals surface area contributed by atoms with Crippen molar-refractivity contribution >= 4 is 11.8 Å². The van der Waals surface area contributed by atoms with Crippen LogP contribution < -0.4 is 0 Å². The van der Waals surface area contributed by atoms with Gasteiger partial charge in [0, 0.05) is 24.7 Å². The van der Waals surface area contributed by atoms with Gasteiger partial charge in [-0.25, -0.2) is 0 Å². The number of halogens is 3. The lowest BCUT2D eigenvalue weighted by Crippen LogP contribution is -2.10. The molecular formula is C11H13F3O2S. The van der Waals surface area contributed by atoms with Crippen LogP contribution in [0, 0.1) is 0 Å². The van der Waals surface area contributed by atoms with Crippen LogP contribution in [0.1, 0.15) is 11.9 Å². The third-order valence-corrected chi connectivity index (χ3v) is 3.06. The second kappa shape index (κ2) is 6.28. The zero-order valence-electron chi connectivity index (χ0n) is 9.45. The molecule has 0 aliphatic rings. The van der Waals surface area contributed by atoms with Gasteiger partial charge in [0.25, 0.3) is 0 Å². The van der Waals surface area contributed by atoms with Crippen LogP contribution in [0.4, 0.5) is 13.2 Å². The van der Waals surface area contributed by atoms with Crippen molar-refractivity contribution in [1.29, 1.82) is 0 Å². The molecule has 0 unspecified atom stereocenters. The molecule has 0 aliphatic heterocycles. The van der Waals surface area contributed by atoms with Crippen molar-refractivity contribution in [3.63, 3.8) is 0 Å². The number of ether oxygens (including phenoxy) is 2. The first-order valence-corrected chi connectivity index (χ1v) is 5.80. The summed E-state index contributed by atoms with van der Waals surface area (Å²) < 4.78 is 46.1. The fourth-order valence-corrected chi connectivity index (χ4v) is 1.91. The maximum Gasteiger partial charge on any atom is 0.398 e. The van der Waals surface area contributed by atoms with E-state index in [0.717, 1.165) is 17.3 Å². The molecule has 1 aromatic carbocycles. The normalized spacial score (nSPS) is 12.1. The molecule has 0 fully saturated rings. The van der Waals surface area contributed by atoms with E-state index in [1.54, 1.807) is 24.3 Å². The van der Waals surface area contributed by atoms with Gasteiger partial charge in [-0.05, 0) is 12.1 Å². The lowest BCUT2D eigenvalue weighted by Gasteiger charge is -2.14. The van der Waals surface area contributed by atoms with E-state index in [4.69, 9.17) is 9.47 Å². The Morgan fingerprint density at radius 2 is 1.65 bits per heavy atom. The third kappa shape index (κ3) is 4.97. The van der Waals surface area contributed by atoms with Gasteiger partial charge in [0.2, 0.25) is 0 Å². The summed E-state index contributed by atoms with van der Waals surface area (Å²) in [5.41, 5.74) is 0.770. The van der Waals surface area contributed by atoms with Gasteiger partial charge < -0.3 is 9.47 Å². The standard InChI is InChI=1S/C11H13F3O2S/c1-15-10(16-2)8-3-5-9(6-4-8)17-7-11(12,13)14/h3-6,10H,7H2,1-2H3. The minimum absolute atomic E-state index is 0.489. The third-order valence-electron chi connectivity index (χ3n) is 1.98. The van der Waals surface area contributed by atoms with E-state index in [2.05, 4.69) is 0 Å². The maximum atomic E-state index is 12.0. The molecule has 0 aromatic heterocycles. The SMILES string of the molecule is COC(OC)c1ccc(SCC(F)(F)F)cc1. The van der Waals surface area contributed by atoms with Gasteiger partial charge in [0.15, 0.2) is 6.29 Å². The molecule has 0 radical (unpaired) electrons. The van der Waals surface area contributed by atoms with Crippen molar-refractivity contribution in [2.45, 2.75) is 17.4 Å². The fraction of sp³-hybridized carbons (Fsp3) is 0.455. The van der Waals surface area contributed by atoms with Gasteiger partial charge in [0.1, 0.15) is 0 Å². The summed E-state index contributed by atoms with van der Waals surface area (Å²) in [6, 6.07) is 6.63. The average Bonchev–Trinajstić information content (AvgIpc) is 2.29. The highest BCUT2D eigenvalue weighted by atomic mass is 32.2. The van der Waals surface area contributed by atoms with Crippen molar-refractivity contribution in [3.8, 4) is 0 Å². The Hall–Kier alpha value is -0.720. The average molecular weight is 266 g/mol. The second-order valence-corrected chi connectivity index (χ2v) is 4.32. The molecule has 0 bridgehead atoms. The van der Waals surface area contributed by atoms with Crippen LogP contribution in [0.25, 0.3) is 0 Å². The van der Waals surface area contributed by atoms with Gasteiger partial charge in [-0.2, -0.15) is 13.2 Å². The van der Waals surface area contributed by atoms with E-state index >= 15 is 0 Å². The fourth-order valence-electron chi connectivity index (χ4n) is 1.25. The van der Waals surface area contributed by atoms with E-state index in [1.165, 1.54) is 14.2 Å². The maximum absolute atomic E-state index is 12.0. The van der Waals surface area contributed by atoms with Crippen LogP contribution in [-0.2, 0) is 9.47 Å². The van der Waals surface area contributed by atoms with Crippen molar-refractivity contribution in [3.05, 3.63) is 29.8 Å². The largest absolute Gasteiger partial charge is 0.398 e. The second-order valence-electron chi connectivity index (χ2n) is 3.28. The lowest BCUT2D eigenvalue weighted by molar-refractivity contribution is -0.106. The molecule has 0 saturated carbocycles. The minimum Gasteiger partial charge on any atom is -0.352 e. The first-order chi connectivity index (χ1) is 7.96. The highest BCUT2D eigenvalue weighted by Gasteiger charge is 2.27. The van der Waals surface area contributed by atoms with Crippen LogP contribution in [0.2, 0.25) is 0 Å². The molecule has 1 rings (SSSR count). The topological polar surface area (TPSA) is 18.5 Å².